The van der Waals surface area contributed by atoms with E-state index in [1.54, 1.807) is 31.6 Å². The molecule has 3 aromatic rings. The Morgan fingerprint density at radius 3 is 2.62 bits per heavy atom. The van der Waals surface area contributed by atoms with Crippen molar-refractivity contribution >= 4 is 46.1 Å². The smallest absolute Gasteiger partial charge is 0.238 e. The van der Waals surface area contributed by atoms with Gasteiger partial charge in [-0.2, -0.15) is 0 Å². The van der Waals surface area contributed by atoms with Gasteiger partial charge in [0.1, 0.15) is 0 Å². The molecule has 1 N–H and O–H groups in total. The number of aryl methyl sites for hydroxylation is 1. The summed E-state index contributed by atoms with van der Waals surface area (Å²) >= 11 is 14.3. The molecule has 1 aromatic heterocycles. The van der Waals surface area contributed by atoms with E-state index in [9.17, 15) is 4.79 Å². The molecule has 1 unspecified atom stereocenters. The zero-order valence-electron chi connectivity index (χ0n) is 18.1. The van der Waals surface area contributed by atoms with Crippen molar-refractivity contribution in [1.82, 2.24) is 4.90 Å². The largest absolute Gasteiger partial charge is 0.493 e. The van der Waals surface area contributed by atoms with Crippen LogP contribution in [-0.4, -0.2) is 38.1 Å². The second-order valence-corrected chi connectivity index (χ2v) is 9.41. The lowest BCUT2D eigenvalue weighted by atomic mass is 9.91. The Kier molecular flexibility index (Phi) is 6.96. The van der Waals surface area contributed by atoms with Crippen molar-refractivity contribution in [3.63, 3.8) is 0 Å². The molecule has 4 rings (SSSR count). The molecule has 0 aliphatic carbocycles. The molecule has 32 heavy (non-hydrogen) atoms. The molecule has 0 spiro atoms. The second kappa shape index (κ2) is 9.71. The first-order valence-corrected chi connectivity index (χ1v) is 11.8. The fraction of sp³-hybridized carbons (Fsp3) is 0.292. The molecule has 1 aliphatic rings. The Morgan fingerprint density at radius 2 is 1.94 bits per heavy atom. The first-order chi connectivity index (χ1) is 15.4. The van der Waals surface area contributed by atoms with E-state index in [4.69, 9.17) is 32.7 Å². The molecule has 5 nitrogen and oxygen atoms in total. The van der Waals surface area contributed by atoms with E-state index in [1.807, 2.05) is 31.2 Å². The fourth-order valence-electron chi connectivity index (χ4n) is 4.08. The third-order valence-electron chi connectivity index (χ3n) is 5.68. The van der Waals surface area contributed by atoms with Gasteiger partial charge in [-0.05, 0) is 59.7 Å². The average Bonchev–Trinajstić information content (AvgIpc) is 3.32. The van der Waals surface area contributed by atoms with E-state index in [-0.39, 0.29) is 18.5 Å². The first-order valence-electron chi connectivity index (χ1n) is 10.2. The number of halogens is 2. The Bertz CT molecular complexity index is 1130. The van der Waals surface area contributed by atoms with Crippen LogP contribution in [0.2, 0.25) is 10.0 Å². The van der Waals surface area contributed by atoms with Gasteiger partial charge < -0.3 is 14.8 Å². The van der Waals surface area contributed by atoms with Crippen LogP contribution >= 0.6 is 34.5 Å². The Labute approximate surface area is 201 Å². The number of benzene rings is 2. The van der Waals surface area contributed by atoms with Crippen LogP contribution in [-0.2, 0) is 11.2 Å². The summed E-state index contributed by atoms with van der Waals surface area (Å²) in [5, 5.41) is 5.84. The standard InChI is InChI=1S/C24H24Cl2N2O3S/c1-14-6-7-17(25)23(22(14)26)27-21(29)13-28-9-8-15-11-18(30-2)19(31-3)12-16(15)24(28)20-5-4-10-32-20/h4-7,10-12,24H,8-9,13H2,1-3H3,(H,27,29). The molecule has 0 saturated heterocycles. The van der Waals surface area contributed by atoms with Gasteiger partial charge in [-0.15, -0.1) is 11.3 Å². The number of carbonyl (C=O) groups is 1. The summed E-state index contributed by atoms with van der Waals surface area (Å²) < 4.78 is 11.0. The van der Waals surface area contributed by atoms with E-state index >= 15 is 0 Å². The van der Waals surface area contributed by atoms with Crippen molar-refractivity contribution in [2.45, 2.75) is 19.4 Å². The molecule has 0 saturated carbocycles. The van der Waals surface area contributed by atoms with Crippen molar-refractivity contribution < 1.29 is 14.3 Å². The van der Waals surface area contributed by atoms with Gasteiger partial charge in [-0.25, -0.2) is 0 Å². The van der Waals surface area contributed by atoms with Gasteiger partial charge in [-0.3, -0.25) is 9.69 Å². The minimum Gasteiger partial charge on any atom is -0.493 e. The highest BCUT2D eigenvalue weighted by atomic mass is 35.5. The van der Waals surface area contributed by atoms with Crippen LogP contribution in [0.4, 0.5) is 5.69 Å². The molecule has 8 heteroatoms. The number of nitrogens with one attached hydrogen (secondary N) is 1. The number of hydrogen-bond donors (Lipinski definition) is 1. The van der Waals surface area contributed by atoms with Crippen LogP contribution in [0.3, 0.4) is 0 Å². The summed E-state index contributed by atoms with van der Waals surface area (Å²) in [5.41, 5.74) is 3.63. The predicted octanol–water partition coefficient (Wildman–Crippen LogP) is 5.97. The van der Waals surface area contributed by atoms with E-state index < -0.39 is 0 Å². The Hall–Kier alpha value is -2.25. The molecule has 2 aromatic carbocycles. The lowest BCUT2D eigenvalue weighted by Gasteiger charge is -2.37. The molecule has 0 bridgehead atoms. The highest BCUT2D eigenvalue weighted by molar-refractivity contribution is 7.10. The van der Waals surface area contributed by atoms with E-state index in [1.165, 1.54) is 5.56 Å². The van der Waals surface area contributed by atoms with Crippen molar-refractivity contribution in [2.75, 3.05) is 32.6 Å². The van der Waals surface area contributed by atoms with Gasteiger partial charge in [0.25, 0.3) is 0 Å². The Balaban J connectivity index is 1.65. The van der Waals surface area contributed by atoms with E-state index in [0.29, 0.717) is 27.2 Å². The summed E-state index contributed by atoms with van der Waals surface area (Å²) in [6.07, 6.45) is 0.802. The van der Waals surface area contributed by atoms with Gasteiger partial charge >= 0.3 is 0 Å². The molecule has 1 atom stereocenters. The van der Waals surface area contributed by atoms with Gasteiger partial charge in [0.05, 0.1) is 42.5 Å². The first kappa shape index (κ1) is 22.9. The number of methoxy groups -OCH3 is 2. The van der Waals surface area contributed by atoms with Crippen molar-refractivity contribution in [3.8, 4) is 11.5 Å². The molecular formula is C24H24Cl2N2O3S. The lowest BCUT2D eigenvalue weighted by Crippen LogP contribution is -2.41. The summed E-state index contributed by atoms with van der Waals surface area (Å²) in [7, 11) is 3.27. The maximum absolute atomic E-state index is 13.0. The SMILES string of the molecule is COc1cc2c(cc1OC)C(c1cccs1)N(CC(=O)Nc1c(Cl)ccc(C)c1Cl)CC2. The number of fused-ring (bicyclic) bond motifs is 1. The minimum absolute atomic E-state index is 0.0623. The topological polar surface area (TPSA) is 50.8 Å². The maximum Gasteiger partial charge on any atom is 0.238 e. The number of rotatable bonds is 6. The number of amides is 1. The van der Waals surface area contributed by atoms with Crippen LogP contribution in [0.25, 0.3) is 0 Å². The minimum atomic E-state index is -0.162. The highest BCUT2D eigenvalue weighted by Gasteiger charge is 2.32. The summed E-state index contributed by atoms with van der Waals surface area (Å²) in [4.78, 5) is 16.4. The molecule has 2 heterocycles. The van der Waals surface area contributed by atoms with Crippen LogP contribution in [0.5, 0.6) is 11.5 Å². The van der Waals surface area contributed by atoms with Gasteiger partial charge in [0.15, 0.2) is 11.5 Å². The number of hydrogen-bond acceptors (Lipinski definition) is 5. The third-order valence-corrected chi connectivity index (χ3v) is 7.41. The molecule has 1 amide bonds. The summed E-state index contributed by atoms with van der Waals surface area (Å²) in [5.74, 6) is 1.23. The van der Waals surface area contributed by atoms with E-state index in [0.717, 1.165) is 29.0 Å². The van der Waals surface area contributed by atoms with Gasteiger partial charge in [-0.1, -0.05) is 35.3 Å². The monoisotopic (exact) mass is 490 g/mol. The number of anilines is 1. The zero-order valence-corrected chi connectivity index (χ0v) is 20.4. The molecule has 0 radical (unpaired) electrons. The quantitative estimate of drug-likeness (QED) is 0.462. The number of nitrogens with zero attached hydrogens (tertiary/aromatic N) is 1. The van der Waals surface area contributed by atoms with Crippen molar-refractivity contribution in [2.24, 2.45) is 0 Å². The predicted molar refractivity (Wildman–Crippen MR) is 131 cm³/mol. The van der Waals surface area contributed by atoms with Crippen LogP contribution in [0, 0.1) is 6.92 Å². The Morgan fingerprint density at radius 1 is 1.19 bits per heavy atom. The average molecular weight is 491 g/mol. The van der Waals surface area contributed by atoms with Crippen molar-refractivity contribution in [1.29, 1.82) is 0 Å². The highest BCUT2D eigenvalue weighted by Crippen LogP contribution is 2.42. The van der Waals surface area contributed by atoms with Gasteiger partial charge in [0, 0.05) is 11.4 Å². The summed E-state index contributed by atoms with van der Waals surface area (Å²) in [6, 6.07) is 11.7. The third kappa shape index (κ3) is 4.46. The number of thiophene rings is 1. The number of carbonyl (C=O) groups excluding carboxylic acids is 1. The number of ether oxygens (including phenoxy) is 2. The molecule has 0 fully saturated rings. The zero-order chi connectivity index (χ0) is 22.8. The lowest BCUT2D eigenvalue weighted by molar-refractivity contribution is -0.117. The fourth-order valence-corrected chi connectivity index (χ4v) is 5.42. The van der Waals surface area contributed by atoms with Crippen LogP contribution < -0.4 is 14.8 Å². The van der Waals surface area contributed by atoms with Crippen LogP contribution in [0.1, 0.15) is 27.6 Å². The second-order valence-electron chi connectivity index (χ2n) is 7.65. The summed E-state index contributed by atoms with van der Waals surface area (Å²) in [6.45, 7) is 2.81. The molecule has 168 valence electrons. The molecule has 1 aliphatic heterocycles. The molecular weight excluding hydrogens is 467 g/mol. The normalized spacial score (nSPS) is 15.8. The maximum atomic E-state index is 13.0. The van der Waals surface area contributed by atoms with Crippen LogP contribution in [0.15, 0.2) is 41.8 Å². The van der Waals surface area contributed by atoms with Crippen molar-refractivity contribution in [3.05, 3.63) is 73.4 Å². The van der Waals surface area contributed by atoms with Gasteiger partial charge in [0.2, 0.25) is 5.91 Å². The van der Waals surface area contributed by atoms with E-state index in [2.05, 4.69) is 21.7 Å².